The van der Waals surface area contributed by atoms with E-state index in [-0.39, 0.29) is 5.56 Å². The normalized spacial score (nSPS) is 12.1. The molecule has 1 aromatic heterocycles. The van der Waals surface area contributed by atoms with Crippen molar-refractivity contribution >= 4 is 39.0 Å². The number of aryl methyl sites for hydroxylation is 1. The Morgan fingerprint density at radius 1 is 1.31 bits per heavy atom. The Bertz CT molecular complexity index is 1330. The molecule has 2 aromatic carbocycles. The van der Waals surface area contributed by atoms with Crippen LogP contribution in [0.15, 0.2) is 57.4 Å². The van der Waals surface area contributed by atoms with E-state index in [1.54, 1.807) is 30.5 Å². The third-order valence-corrected chi connectivity index (χ3v) is 5.63. The molecule has 3 aromatic rings. The largest absolute Gasteiger partial charge is 0.490 e. The predicted molar refractivity (Wildman–Crippen MR) is 140 cm³/mol. The molecule has 0 aliphatic heterocycles. The highest BCUT2D eigenvalue weighted by Crippen LogP contribution is 2.34. The van der Waals surface area contributed by atoms with Gasteiger partial charge in [-0.3, -0.25) is 4.79 Å². The highest BCUT2D eigenvalue weighted by atomic mass is 79.9. The number of hydrogen-bond donors (Lipinski definition) is 1. The third-order valence-electron chi connectivity index (χ3n) is 5.13. The van der Waals surface area contributed by atoms with Crippen LogP contribution in [-0.4, -0.2) is 39.7 Å². The fourth-order valence-electron chi connectivity index (χ4n) is 3.51. The molecule has 184 valence electrons. The number of nitrogens with zero attached hydrogens (tertiary/aromatic N) is 3. The van der Waals surface area contributed by atoms with Crippen LogP contribution in [0.5, 0.6) is 11.5 Å². The molecule has 0 saturated heterocycles. The first-order valence-corrected chi connectivity index (χ1v) is 12.1. The number of aliphatic carboxylic acids is 1. The number of carbonyl (C=O) groups is 1. The Hall–Kier alpha value is -3.46. The van der Waals surface area contributed by atoms with Gasteiger partial charge in [-0.15, -0.1) is 6.58 Å². The lowest BCUT2D eigenvalue weighted by molar-refractivity contribution is -0.144. The van der Waals surface area contributed by atoms with Gasteiger partial charge in [0.15, 0.2) is 17.6 Å². The van der Waals surface area contributed by atoms with Gasteiger partial charge in [-0.2, -0.15) is 9.78 Å². The van der Waals surface area contributed by atoms with Crippen LogP contribution in [0.3, 0.4) is 0 Å². The molecule has 0 radical (unpaired) electrons. The molecule has 0 aliphatic carbocycles. The molecule has 0 unspecified atom stereocenters. The summed E-state index contributed by atoms with van der Waals surface area (Å²) in [4.78, 5) is 29.3. The summed E-state index contributed by atoms with van der Waals surface area (Å²) in [5.74, 6) is 0.221. The van der Waals surface area contributed by atoms with Crippen LogP contribution >= 0.6 is 15.9 Å². The van der Waals surface area contributed by atoms with Gasteiger partial charge in [0.25, 0.3) is 5.56 Å². The zero-order valence-corrected chi connectivity index (χ0v) is 21.5. The van der Waals surface area contributed by atoms with Crippen LogP contribution in [0, 0.1) is 0 Å². The second-order valence-electron chi connectivity index (χ2n) is 7.83. The lowest BCUT2D eigenvalue weighted by Crippen LogP contribution is -2.24. The number of hydrogen-bond acceptors (Lipinski definition) is 6. The average Bonchev–Trinajstić information content (AvgIpc) is 2.81. The molecule has 0 bridgehead atoms. The number of halogens is 1. The maximum absolute atomic E-state index is 13.3. The smallest absolute Gasteiger partial charge is 0.344 e. The first kappa shape index (κ1) is 26.2. The van der Waals surface area contributed by atoms with E-state index in [9.17, 15) is 14.7 Å². The van der Waals surface area contributed by atoms with E-state index in [1.165, 1.54) is 11.6 Å². The van der Waals surface area contributed by atoms with Crippen molar-refractivity contribution in [1.82, 2.24) is 9.66 Å². The molecule has 1 atom stereocenters. The van der Waals surface area contributed by atoms with Crippen molar-refractivity contribution in [2.75, 3.05) is 6.61 Å². The number of fused-ring (bicyclic) bond motifs is 1. The molecule has 1 heterocycles. The zero-order chi connectivity index (χ0) is 25.5. The summed E-state index contributed by atoms with van der Waals surface area (Å²) in [5.41, 5.74) is 1.71. The maximum atomic E-state index is 13.3. The van der Waals surface area contributed by atoms with Crippen molar-refractivity contribution in [2.24, 2.45) is 5.10 Å². The standard InChI is InChI=1S/C26H28BrN3O5/c1-5-8-18-12-17(13-22(34-7-3)24(18)35-16(4)26(32)33)15-28-30-23(9-6-2)29-21-11-10-19(27)14-20(21)25(30)31/h5,10-16H,1,6-9H2,2-4H3,(H,32,33)/t16-/m0/s1. The van der Waals surface area contributed by atoms with Crippen LogP contribution in [0.2, 0.25) is 0 Å². The molecule has 0 saturated carbocycles. The lowest BCUT2D eigenvalue weighted by atomic mass is 10.1. The first-order valence-electron chi connectivity index (χ1n) is 11.3. The van der Waals surface area contributed by atoms with E-state index in [0.717, 1.165) is 10.9 Å². The minimum Gasteiger partial charge on any atom is -0.490 e. The fourth-order valence-corrected chi connectivity index (χ4v) is 3.87. The van der Waals surface area contributed by atoms with Gasteiger partial charge in [0, 0.05) is 16.5 Å². The van der Waals surface area contributed by atoms with Crippen molar-refractivity contribution in [3.05, 3.63) is 74.8 Å². The van der Waals surface area contributed by atoms with Gasteiger partial charge in [-0.1, -0.05) is 28.9 Å². The monoisotopic (exact) mass is 541 g/mol. The Labute approximate surface area is 212 Å². The minimum atomic E-state index is -1.08. The topological polar surface area (TPSA) is 103 Å². The maximum Gasteiger partial charge on any atom is 0.344 e. The van der Waals surface area contributed by atoms with E-state index in [4.69, 9.17) is 9.47 Å². The fraction of sp³-hybridized carbons (Fsp3) is 0.308. The quantitative estimate of drug-likeness (QED) is 0.271. The van der Waals surface area contributed by atoms with E-state index in [0.29, 0.717) is 58.8 Å². The van der Waals surface area contributed by atoms with Gasteiger partial charge in [0.1, 0.15) is 5.82 Å². The van der Waals surface area contributed by atoms with Crippen molar-refractivity contribution in [3.8, 4) is 11.5 Å². The SMILES string of the molecule is C=CCc1cc(C=Nn2c(CCC)nc3ccc(Br)cc3c2=O)cc(OCC)c1O[C@@H](C)C(=O)O. The summed E-state index contributed by atoms with van der Waals surface area (Å²) >= 11 is 3.41. The lowest BCUT2D eigenvalue weighted by Gasteiger charge is -2.18. The second kappa shape index (κ2) is 11.8. The first-order chi connectivity index (χ1) is 16.8. The summed E-state index contributed by atoms with van der Waals surface area (Å²) in [6.07, 6.45) is 4.01. The molecular weight excluding hydrogens is 514 g/mol. The summed E-state index contributed by atoms with van der Waals surface area (Å²) in [7, 11) is 0. The van der Waals surface area contributed by atoms with Gasteiger partial charge in [-0.25, -0.2) is 9.78 Å². The predicted octanol–water partition coefficient (Wildman–Crippen LogP) is 4.97. The highest BCUT2D eigenvalue weighted by Gasteiger charge is 2.20. The molecule has 0 amide bonds. The Morgan fingerprint density at radius 2 is 2.09 bits per heavy atom. The number of allylic oxidation sites excluding steroid dienone is 1. The van der Waals surface area contributed by atoms with Crippen LogP contribution in [-0.2, 0) is 17.6 Å². The van der Waals surface area contributed by atoms with Gasteiger partial charge in [0.2, 0.25) is 0 Å². The van der Waals surface area contributed by atoms with Crippen molar-refractivity contribution in [1.29, 1.82) is 0 Å². The average molecular weight is 542 g/mol. The molecule has 1 N–H and O–H groups in total. The molecule has 0 aliphatic rings. The Kier molecular flexibility index (Phi) is 8.81. The van der Waals surface area contributed by atoms with E-state index >= 15 is 0 Å². The zero-order valence-electron chi connectivity index (χ0n) is 20.0. The molecule has 0 fully saturated rings. The van der Waals surface area contributed by atoms with Gasteiger partial charge >= 0.3 is 5.97 Å². The van der Waals surface area contributed by atoms with E-state index in [1.807, 2.05) is 26.0 Å². The number of aromatic nitrogens is 2. The van der Waals surface area contributed by atoms with Crippen molar-refractivity contribution in [2.45, 2.75) is 46.1 Å². The van der Waals surface area contributed by atoms with Gasteiger partial charge in [0.05, 0.1) is 23.7 Å². The number of carboxylic acids is 1. The molecule has 9 heteroatoms. The number of rotatable bonds is 11. The van der Waals surface area contributed by atoms with Crippen LogP contribution in [0.4, 0.5) is 0 Å². The van der Waals surface area contributed by atoms with E-state index < -0.39 is 12.1 Å². The Balaban J connectivity index is 2.13. The third kappa shape index (κ3) is 6.16. The number of carboxylic acid groups (broad SMARTS) is 1. The molecular formula is C26H28BrN3O5. The summed E-state index contributed by atoms with van der Waals surface area (Å²) in [6, 6.07) is 8.91. The molecule has 3 rings (SSSR count). The van der Waals surface area contributed by atoms with Crippen molar-refractivity contribution in [3.63, 3.8) is 0 Å². The minimum absolute atomic E-state index is 0.261. The van der Waals surface area contributed by atoms with Crippen molar-refractivity contribution < 1.29 is 19.4 Å². The number of benzene rings is 2. The van der Waals surface area contributed by atoms with Crippen LogP contribution in [0.1, 0.15) is 44.1 Å². The number of ether oxygens (including phenoxy) is 2. The van der Waals surface area contributed by atoms with Gasteiger partial charge < -0.3 is 14.6 Å². The Morgan fingerprint density at radius 3 is 2.74 bits per heavy atom. The summed E-state index contributed by atoms with van der Waals surface area (Å²) < 4.78 is 13.6. The molecule has 0 spiro atoms. The van der Waals surface area contributed by atoms with E-state index in [2.05, 4.69) is 32.6 Å². The molecule has 8 nitrogen and oxygen atoms in total. The molecule has 35 heavy (non-hydrogen) atoms. The summed E-state index contributed by atoms with van der Waals surface area (Å²) in [5, 5.41) is 14.2. The van der Waals surface area contributed by atoms with Crippen LogP contribution in [0.25, 0.3) is 10.9 Å². The van der Waals surface area contributed by atoms with Crippen LogP contribution < -0.4 is 15.0 Å². The van der Waals surface area contributed by atoms with Gasteiger partial charge in [-0.05, 0) is 62.6 Å². The summed E-state index contributed by atoms with van der Waals surface area (Å²) in [6.45, 7) is 9.44. The second-order valence-corrected chi connectivity index (χ2v) is 8.75. The highest BCUT2D eigenvalue weighted by molar-refractivity contribution is 9.10.